The third-order valence-corrected chi connectivity index (χ3v) is 5.18. The van der Waals surface area contributed by atoms with Gasteiger partial charge >= 0.3 is 0 Å². The molecule has 4 rings (SSSR count). The molecule has 3 aromatic carbocycles. The summed E-state index contributed by atoms with van der Waals surface area (Å²) in [6.07, 6.45) is 1.23. The number of hydrogen-bond acceptors (Lipinski definition) is 2. The highest BCUT2D eigenvalue weighted by Gasteiger charge is 2.21. The van der Waals surface area contributed by atoms with E-state index in [9.17, 15) is 0 Å². The first-order valence-corrected chi connectivity index (χ1v) is 9.51. The fourth-order valence-electron chi connectivity index (χ4n) is 3.69. The predicted octanol–water partition coefficient (Wildman–Crippen LogP) is 4.72. The summed E-state index contributed by atoms with van der Waals surface area (Å²) in [5.41, 5.74) is 5.32. The molecule has 1 N–H and O–H groups in total. The van der Waals surface area contributed by atoms with Crippen LogP contribution in [0.5, 0.6) is 0 Å². The molecule has 1 saturated heterocycles. The van der Waals surface area contributed by atoms with Gasteiger partial charge < -0.3 is 5.32 Å². The lowest BCUT2D eigenvalue weighted by Crippen LogP contribution is -2.31. The van der Waals surface area contributed by atoms with Gasteiger partial charge in [0.2, 0.25) is 0 Å². The van der Waals surface area contributed by atoms with Gasteiger partial charge in [-0.15, -0.1) is 0 Å². The van der Waals surface area contributed by atoms with Crippen molar-refractivity contribution >= 4 is 0 Å². The molecule has 1 heterocycles. The quantitative estimate of drug-likeness (QED) is 0.697. The van der Waals surface area contributed by atoms with E-state index < -0.39 is 0 Å². The summed E-state index contributed by atoms with van der Waals surface area (Å²) in [6.45, 7) is 4.32. The van der Waals surface area contributed by atoms with E-state index in [1.165, 1.54) is 35.2 Å². The number of rotatable bonds is 6. The van der Waals surface area contributed by atoms with E-state index in [0.717, 1.165) is 19.6 Å². The van der Waals surface area contributed by atoms with E-state index in [-0.39, 0.29) is 0 Å². The van der Waals surface area contributed by atoms with E-state index in [2.05, 4.69) is 95.1 Å². The van der Waals surface area contributed by atoms with Gasteiger partial charge in [-0.25, -0.2) is 0 Å². The first-order valence-electron chi connectivity index (χ1n) is 9.51. The van der Waals surface area contributed by atoms with Gasteiger partial charge in [0, 0.05) is 32.2 Å². The molecule has 2 heteroatoms. The number of hydrogen-bond donors (Lipinski definition) is 1. The molecule has 26 heavy (non-hydrogen) atoms. The monoisotopic (exact) mass is 342 g/mol. The zero-order valence-corrected chi connectivity index (χ0v) is 15.1. The van der Waals surface area contributed by atoms with Gasteiger partial charge in [0.1, 0.15) is 0 Å². The zero-order chi connectivity index (χ0) is 17.6. The van der Waals surface area contributed by atoms with Crippen molar-refractivity contribution in [3.63, 3.8) is 0 Å². The topological polar surface area (TPSA) is 15.3 Å². The first kappa shape index (κ1) is 17.0. The van der Waals surface area contributed by atoms with E-state index in [1.54, 1.807) is 0 Å². The molecule has 1 aliphatic rings. The van der Waals surface area contributed by atoms with Gasteiger partial charge in [-0.3, -0.25) is 4.90 Å². The van der Waals surface area contributed by atoms with Crippen LogP contribution in [-0.4, -0.2) is 24.0 Å². The number of likely N-dealkylation sites (tertiary alicyclic amines) is 1. The molecule has 0 aromatic heterocycles. The highest BCUT2D eigenvalue weighted by Crippen LogP contribution is 2.19. The van der Waals surface area contributed by atoms with Gasteiger partial charge in [-0.2, -0.15) is 0 Å². The lowest BCUT2D eigenvalue weighted by atomic mass is 10.0. The smallest absolute Gasteiger partial charge is 0.0234 e. The van der Waals surface area contributed by atoms with Crippen molar-refractivity contribution < 1.29 is 0 Å². The summed E-state index contributed by atoms with van der Waals surface area (Å²) in [5.74, 6) is 0. The van der Waals surface area contributed by atoms with E-state index in [1.807, 2.05) is 0 Å². The van der Waals surface area contributed by atoms with Crippen molar-refractivity contribution in [2.45, 2.75) is 25.6 Å². The number of benzene rings is 3. The van der Waals surface area contributed by atoms with Crippen molar-refractivity contribution in [1.29, 1.82) is 0 Å². The normalized spacial score (nSPS) is 17.5. The van der Waals surface area contributed by atoms with Crippen molar-refractivity contribution in [3.05, 3.63) is 96.1 Å². The Morgan fingerprint density at radius 2 is 1.38 bits per heavy atom. The molecule has 0 saturated carbocycles. The Labute approximate surface area is 156 Å². The van der Waals surface area contributed by atoms with Crippen LogP contribution >= 0.6 is 0 Å². The number of nitrogens with zero attached hydrogens (tertiary/aromatic N) is 1. The van der Waals surface area contributed by atoms with Crippen LogP contribution in [0.2, 0.25) is 0 Å². The van der Waals surface area contributed by atoms with Crippen molar-refractivity contribution in [2.24, 2.45) is 0 Å². The molecular formula is C24H26N2. The molecule has 0 aliphatic carbocycles. The third kappa shape index (κ3) is 4.40. The Hall–Kier alpha value is -2.42. The second-order valence-corrected chi connectivity index (χ2v) is 7.15. The van der Waals surface area contributed by atoms with Crippen LogP contribution in [0.15, 0.2) is 84.9 Å². The molecule has 1 fully saturated rings. The molecule has 3 aromatic rings. The maximum Gasteiger partial charge on any atom is 0.0234 e. The van der Waals surface area contributed by atoms with Gasteiger partial charge in [0.25, 0.3) is 0 Å². The molecule has 132 valence electrons. The SMILES string of the molecule is c1ccc(CN2CC[C@H](NCc3ccc(-c4ccccc4)cc3)C2)cc1. The highest BCUT2D eigenvalue weighted by atomic mass is 15.2. The second-order valence-electron chi connectivity index (χ2n) is 7.15. The molecule has 0 unspecified atom stereocenters. The zero-order valence-electron chi connectivity index (χ0n) is 15.1. The van der Waals surface area contributed by atoms with E-state index in [0.29, 0.717) is 6.04 Å². The minimum Gasteiger partial charge on any atom is -0.309 e. The Morgan fingerprint density at radius 3 is 2.12 bits per heavy atom. The largest absolute Gasteiger partial charge is 0.309 e. The predicted molar refractivity (Wildman–Crippen MR) is 109 cm³/mol. The van der Waals surface area contributed by atoms with E-state index >= 15 is 0 Å². The lowest BCUT2D eigenvalue weighted by molar-refractivity contribution is 0.320. The Bertz CT molecular complexity index is 797. The summed E-state index contributed by atoms with van der Waals surface area (Å²) in [5, 5.41) is 3.73. The van der Waals surface area contributed by atoms with Crippen LogP contribution in [0.1, 0.15) is 17.5 Å². The minimum absolute atomic E-state index is 0.590. The Morgan fingerprint density at radius 1 is 0.731 bits per heavy atom. The van der Waals surface area contributed by atoms with Crippen LogP contribution in [0.3, 0.4) is 0 Å². The summed E-state index contributed by atoms with van der Waals surface area (Å²) >= 11 is 0. The lowest BCUT2D eigenvalue weighted by Gasteiger charge is -2.17. The second kappa shape index (κ2) is 8.31. The van der Waals surface area contributed by atoms with E-state index in [4.69, 9.17) is 0 Å². The summed E-state index contributed by atoms with van der Waals surface area (Å²) in [7, 11) is 0. The maximum atomic E-state index is 3.73. The average Bonchev–Trinajstić information content (AvgIpc) is 3.16. The molecule has 1 atom stereocenters. The van der Waals surface area contributed by atoms with Gasteiger partial charge in [-0.1, -0.05) is 84.9 Å². The van der Waals surface area contributed by atoms with Crippen LogP contribution in [0, 0.1) is 0 Å². The van der Waals surface area contributed by atoms with Crippen molar-refractivity contribution in [1.82, 2.24) is 10.2 Å². The minimum atomic E-state index is 0.590. The highest BCUT2D eigenvalue weighted by molar-refractivity contribution is 5.63. The molecule has 0 bridgehead atoms. The van der Waals surface area contributed by atoms with Crippen LogP contribution < -0.4 is 5.32 Å². The first-order chi connectivity index (χ1) is 12.9. The standard InChI is InChI=1S/C24H26N2/c1-3-7-21(8-4-1)18-26-16-15-24(19-26)25-17-20-11-13-23(14-12-20)22-9-5-2-6-10-22/h1-14,24-25H,15-19H2/t24-/m0/s1. The fraction of sp³-hybridized carbons (Fsp3) is 0.250. The van der Waals surface area contributed by atoms with Crippen LogP contribution in [0.4, 0.5) is 0 Å². The summed E-state index contributed by atoms with van der Waals surface area (Å²) in [6, 6.07) is 30.9. The average molecular weight is 342 g/mol. The van der Waals surface area contributed by atoms with Crippen LogP contribution in [-0.2, 0) is 13.1 Å². The molecule has 0 amide bonds. The molecular weight excluding hydrogens is 316 g/mol. The van der Waals surface area contributed by atoms with Gasteiger partial charge in [-0.05, 0) is 28.7 Å². The summed E-state index contributed by atoms with van der Waals surface area (Å²) in [4.78, 5) is 2.55. The van der Waals surface area contributed by atoms with Crippen molar-refractivity contribution in [3.8, 4) is 11.1 Å². The molecule has 2 nitrogen and oxygen atoms in total. The molecule has 1 aliphatic heterocycles. The summed E-state index contributed by atoms with van der Waals surface area (Å²) < 4.78 is 0. The Kier molecular flexibility index (Phi) is 5.44. The van der Waals surface area contributed by atoms with Crippen LogP contribution in [0.25, 0.3) is 11.1 Å². The maximum absolute atomic E-state index is 3.73. The molecule has 0 radical (unpaired) electrons. The third-order valence-electron chi connectivity index (χ3n) is 5.18. The number of nitrogens with one attached hydrogen (secondary N) is 1. The van der Waals surface area contributed by atoms with Gasteiger partial charge in [0.15, 0.2) is 0 Å². The fourth-order valence-corrected chi connectivity index (χ4v) is 3.69. The molecule has 0 spiro atoms. The van der Waals surface area contributed by atoms with Crippen molar-refractivity contribution in [2.75, 3.05) is 13.1 Å². The Balaban J connectivity index is 1.27. The van der Waals surface area contributed by atoms with Gasteiger partial charge in [0.05, 0.1) is 0 Å².